The molecule has 2 rings (SSSR count). The van der Waals surface area contributed by atoms with E-state index >= 15 is 0 Å². The summed E-state index contributed by atoms with van der Waals surface area (Å²) in [6.45, 7) is 0. The van der Waals surface area contributed by atoms with Gasteiger partial charge in [0.05, 0.1) is 5.69 Å². The number of nitrogens with one attached hydrogen (secondary N) is 1. The monoisotopic (exact) mass is 283 g/mol. The molecule has 94 valence electrons. The number of aromatic nitrogens is 1. The Bertz CT molecular complexity index is 662. The molecule has 1 aromatic heterocycles. The number of halogens is 1. The first-order valence-corrected chi connectivity index (χ1v) is 7.48. The van der Waals surface area contributed by atoms with Gasteiger partial charge < -0.3 is 4.98 Å². The maximum absolute atomic E-state index is 11.9. The number of rotatable bonds is 4. The molecule has 18 heavy (non-hydrogen) atoms. The van der Waals surface area contributed by atoms with Gasteiger partial charge in [-0.3, -0.25) is 4.79 Å². The summed E-state index contributed by atoms with van der Waals surface area (Å²) in [6.07, 6.45) is 0.211. The van der Waals surface area contributed by atoms with Crippen LogP contribution in [0.2, 0.25) is 0 Å². The number of H-pyrrole nitrogens is 1. The topological polar surface area (TPSA) is 67.0 Å². The van der Waals surface area contributed by atoms with Gasteiger partial charge in [0.25, 0.3) is 9.05 Å². The molecule has 0 fully saturated rings. The van der Waals surface area contributed by atoms with Crippen molar-refractivity contribution in [1.82, 2.24) is 4.98 Å². The summed E-state index contributed by atoms with van der Waals surface area (Å²) < 4.78 is 22.1. The summed E-state index contributed by atoms with van der Waals surface area (Å²) in [5, 5.41) is -0.166. The minimum Gasteiger partial charge on any atom is -0.342 e. The molecular weight excluding hydrogens is 274 g/mol. The molecule has 6 heteroatoms. The van der Waals surface area contributed by atoms with E-state index in [1.807, 2.05) is 30.3 Å². The van der Waals surface area contributed by atoms with E-state index in [0.29, 0.717) is 0 Å². The summed E-state index contributed by atoms with van der Waals surface area (Å²) in [5.74, 6) is -0.187. The Morgan fingerprint density at radius 1 is 1.11 bits per heavy atom. The fraction of sp³-hybridized carbons (Fsp3) is 0.0833. The zero-order valence-electron chi connectivity index (χ0n) is 9.26. The predicted octanol–water partition coefficient (Wildman–Crippen LogP) is 2.37. The molecule has 1 N–H and O–H groups in total. The summed E-state index contributed by atoms with van der Waals surface area (Å²) in [4.78, 5) is 14.4. The van der Waals surface area contributed by atoms with E-state index in [2.05, 4.69) is 4.98 Å². The van der Waals surface area contributed by atoms with E-state index < -0.39 is 9.05 Å². The first-order chi connectivity index (χ1) is 8.47. The third-order valence-corrected chi connectivity index (χ3v) is 3.69. The highest BCUT2D eigenvalue weighted by atomic mass is 35.7. The summed E-state index contributed by atoms with van der Waals surface area (Å²) >= 11 is 0. The molecule has 1 aromatic carbocycles. The first kappa shape index (κ1) is 12.9. The Morgan fingerprint density at radius 2 is 1.78 bits per heavy atom. The van der Waals surface area contributed by atoms with Gasteiger partial charge in [-0.2, -0.15) is 0 Å². The molecule has 1 heterocycles. The smallest absolute Gasteiger partial charge is 0.276 e. The van der Waals surface area contributed by atoms with E-state index in [1.165, 1.54) is 12.1 Å². The van der Waals surface area contributed by atoms with Gasteiger partial charge >= 0.3 is 0 Å². The molecule has 0 saturated heterocycles. The lowest BCUT2D eigenvalue weighted by Crippen LogP contribution is -2.04. The second kappa shape index (κ2) is 4.96. The highest BCUT2D eigenvalue weighted by Gasteiger charge is 2.15. The van der Waals surface area contributed by atoms with Crippen LogP contribution in [-0.4, -0.2) is 19.2 Å². The molecule has 0 unspecified atom stereocenters. The summed E-state index contributed by atoms with van der Waals surface area (Å²) in [5.41, 5.74) is 1.10. The lowest BCUT2D eigenvalue weighted by molar-refractivity contribution is 0.0988. The lowest BCUT2D eigenvalue weighted by Gasteiger charge is -1.98. The van der Waals surface area contributed by atoms with Gasteiger partial charge in [0.2, 0.25) is 0 Å². The predicted molar refractivity (Wildman–Crippen MR) is 68.3 cm³/mol. The number of ketones is 1. The molecule has 0 atom stereocenters. The molecule has 0 aliphatic carbocycles. The molecule has 4 nitrogen and oxygen atoms in total. The Hall–Kier alpha value is -1.59. The van der Waals surface area contributed by atoms with Crippen molar-refractivity contribution in [2.24, 2.45) is 0 Å². The zero-order chi connectivity index (χ0) is 13.2. The number of aromatic amines is 1. The van der Waals surface area contributed by atoms with Crippen molar-refractivity contribution in [3.8, 4) is 0 Å². The number of hydrogen-bond donors (Lipinski definition) is 1. The molecule has 0 aliphatic rings. The number of hydrogen-bond acceptors (Lipinski definition) is 3. The van der Waals surface area contributed by atoms with Crippen LogP contribution in [0.25, 0.3) is 0 Å². The van der Waals surface area contributed by atoms with Crippen LogP contribution < -0.4 is 0 Å². The van der Waals surface area contributed by atoms with Crippen molar-refractivity contribution >= 4 is 25.5 Å². The van der Waals surface area contributed by atoms with E-state index in [0.717, 1.165) is 5.56 Å². The number of carbonyl (C=O) groups is 1. The summed E-state index contributed by atoms with van der Waals surface area (Å²) in [7, 11) is 1.34. The van der Waals surface area contributed by atoms with Crippen LogP contribution in [-0.2, 0) is 15.5 Å². The standard InChI is InChI=1S/C12H10ClNO3S/c13-18(16,17)12-7-6-10(14-12)11(15)8-9-4-2-1-3-5-9/h1-7,14H,8H2. The fourth-order valence-electron chi connectivity index (χ4n) is 1.56. The third kappa shape index (κ3) is 3.00. The molecular formula is C12H10ClNO3S. The number of Topliss-reactive ketones (excluding diaryl/α,β-unsaturated/α-hetero) is 1. The largest absolute Gasteiger partial charge is 0.342 e. The molecule has 0 saturated carbocycles. The average Bonchev–Trinajstić information content (AvgIpc) is 2.79. The molecule has 0 aliphatic heterocycles. The van der Waals surface area contributed by atoms with Crippen LogP contribution in [0.3, 0.4) is 0 Å². The summed E-state index contributed by atoms with van der Waals surface area (Å²) in [6, 6.07) is 11.9. The highest BCUT2D eigenvalue weighted by Crippen LogP contribution is 2.15. The first-order valence-electron chi connectivity index (χ1n) is 5.17. The normalized spacial score (nSPS) is 11.4. The van der Waals surface area contributed by atoms with E-state index in [4.69, 9.17) is 10.7 Å². The van der Waals surface area contributed by atoms with E-state index in [1.54, 1.807) is 0 Å². The molecule has 0 spiro atoms. The quantitative estimate of drug-likeness (QED) is 0.692. The third-order valence-electron chi connectivity index (χ3n) is 2.43. The van der Waals surface area contributed by atoms with Crippen LogP contribution in [0.5, 0.6) is 0 Å². The number of carbonyl (C=O) groups excluding carboxylic acids is 1. The fourth-order valence-corrected chi connectivity index (χ4v) is 2.29. The SMILES string of the molecule is O=C(Cc1ccccc1)c1ccc(S(=O)(=O)Cl)[nH]1. The zero-order valence-corrected chi connectivity index (χ0v) is 10.8. The van der Waals surface area contributed by atoms with E-state index in [-0.39, 0.29) is 22.9 Å². The van der Waals surface area contributed by atoms with Gasteiger partial charge in [0.15, 0.2) is 5.78 Å². The van der Waals surface area contributed by atoms with Crippen LogP contribution in [0.4, 0.5) is 0 Å². The van der Waals surface area contributed by atoms with Gasteiger partial charge in [0, 0.05) is 17.1 Å². The second-order valence-electron chi connectivity index (χ2n) is 3.76. The van der Waals surface area contributed by atoms with Crippen LogP contribution in [0, 0.1) is 0 Å². The van der Waals surface area contributed by atoms with Crippen LogP contribution in [0.1, 0.15) is 16.1 Å². The number of benzene rings is 1. The minimum absolute atomic E-state index is 0.166. The van der Waals surface area contributed by atoms with Crippen molar-refractivity contribution in [3.63, 3.8) is 0 Å². The Labute approximate surface area is 109 Å². The van der Waals surface area contributed by atoms with Gasteiger partial charge in [-0.15, -0.1) is 0 Å². The average molecular weight is 284 g/mol. The lowest BCUT2D eigenvalue weighted by atomic mass is 10.1. The molecule has 0 amide bonds. The van der Waals surface area contributed by atoms with Crippen molar-refractivity contribution in [1.29, 1.82) is 0 Å². The maximum Gasteiger partial charge on any atom is 0.276 e. The van der Waals surface area contributed by atoms with Crippen LogP contribution in [0.15, 0.2) is 47.5 Å². The van der Waals surface area contributed by atoms with Gasteiger partial charge in [-0.05, 0) is 17.7 Å². The maximum atomic E-state index is 11.9. The molecule has 0 bridgehead atoms. The molecule has 2 aromatic rings. The van der Waals surface area contributed by atoms with Crippen LogP contribution >= 0.6 is 10.7 Å². The van der Waals surface area contributed by atoms with Gasteiger partial charge in [-0.1, -0.05) is 30.3 Å². The highest BCUT2D eigenvalue weighted by molar-refractivity contribution is 8.13. The van der Waals surface area contributed by atoms with Gasteiger partial charge in [-0.25, -0.2) is 8.42 Å². The van der Waals surface area contributed by atoms with E-state index in [9.17, 15) is 13.2 Å². The Kier molecular flexibility index (Phi) is 3.54. The Morgan fingerprint density at radius 3 is 2.33 bits per heavy atom. The van der Waals surface area contributed by atoms with Crippen molar-refractivity contribution in [2.45, 2.75) is 11.4 Å². The van der Waals surface area contributed by atoms with Crippen molar-refractivity contribution < 1.29 is 13.2 Å². The minimum atomic E-state index is -3.82. The molecule has 0 radical (unpaired) electrons. The van der Waals surface area contributed by atoms with Crippen molar-refractivity contribution in [2.75, 3.05) is 0 Å². The second-order valence-corrected chi connectivity index (χ2v) is 6.29. The Balaban J connectivity index is 2.18. The van der Waals surface area contributed by atoms with Crippen molar-refractivity contribution in [3.05, 3.63) is 53.7 Å². The van der Waals surface area contributed by atoms with Gasteiger partial charge in [0.1, 0.15) is 5.03 Å².